The molecule has 0 fully saturated rings. The highest BCUT2D eigenvalue weighted by Crippen LogP contribution is 2.34. The van der Waals surface area contributed by atoms with Crippen molar-refractivity contribution < 1.29 is 23.5 Å². The average Bonchev–Trinajstić information content (AvgIpc) is 3.29. The molecule has 0 unspecified atom stereocenters. The summed E-state index contributed by atoms with van der Waals surface area (Å²) in [4.78, 5) is 40.7. The number of carbonyl (C=O) groups is 3. The molecular formula is C20H22N4O5S. The van der Waals surface area contributed by atoms with E-state index in [1.54, 1.807) is 52.1 Å². The molecule has 0 aliphatic rings. The molecule has 30 heavy (non-hydrogen) atoms. The number of furan rings is 1. The molecule has 2 aromatic rings. The number of thiophene rings is 1. The number of amides is 2. The van der Waals surface area contributed by atoms with E-state index in [-0.39, 0.29) is 22.0 Å². The number of nitrogens with zero attached hydrogens (tertiary/aromatic N) is 3. The fourth-order valence-corrected chi connectivity index (χ4v) is 3.69. The SMILES string of the molecule is COC(=O)c1c(NC(=O)/C(C#N)=C/c2ccc(N(C)C)o2)sc(C(=O)N(C)C)c1C. The first-order valence-corrected chi connectivity index (χ1v) is 9.56. The van der Waals surface area contributed by atoms with Gasteiger partial charge < -0.3 is 24.3 Å². The zero-order valence-corrected chi connectivity index (χ0v) is 18.3. The Balaban J connectivity index is 2.41. The van der Waals surface area contributed by atoms with Gasteiger partial charge in [-0.3, -0.25) is 9.59 Å². The molecule has 2 aromatic heterocycles. The zero-order chi connectivity index (χ0) is 22.6. The van der Waals surface area contributed by atoms with Crippen LogP contribution in [-0.4, -0.2) is 58.0 Å². The Morgan fingerprint density at radius 2 is 1.90 bits per heavy atom. The first-order chi connectivity index (χ1) is 14.1. The van der Waals surface area contributed by atoms with E-state index in [2.05, 4.69) is 5.32 Å². The van der Waals surface area contributed by atoms with E-state index < -0.39 is 11.9 Å². The van der Waals surface area contributed by atoms with Gasteiger partial charge >= 0.3 is 5.97 Å². The third kappa shape index (κ3) is 4.69. The molecule has 0 spiro atoms. The van der Waals surface area contributed by atoms with Gasteiger partial charge in [0.2, 0.25) is 0 Å². The lowest BCUT2D eigenvalue weighted by atomic mass is 10.1. The van der Waals surface area contributed by atoms with E-state index in [0.29, 0.717) is 22.1 Å². The van der Waals surface area contributed by atoms with Crippen molar-refractivity contribution >= 4 is 46.1 Å². The zero-order valence-electron chi connectivity index (χ0n) is 17.5. The van der Waals surface area contributed by atoms with E-state index in [1.165, 1.54) is 18.1 Å². The van der Waals surface area contributed by atoms with Crippen molar-refractivity contribution in [3.8, 4) is 6.07 Å². The summed E-state index contributed by atoms with van der Waals surface area (Å²) in [6.07, 6.45) is 1.30. The van der Waals surface area contributed by atoms with Gasteiger partial charge in [-0.1, -0.05) is 0 Å². The largest absolute Gasteiger partial charge is 0.465 e. The Morgan fingerprint density at radius 3 is 2.40 bits per heavy atom. The first kappa shape index (κ1) is 22.7. The van der Waals surface area contributed by atoms with Crippen molar-refractivity contribution in [3.05, 3.63) is 39.5 Å². The molecule has 0 aromatic carbocycles. The van der Waals surface area contributed by atoms with Crippen LogP contribution in [0, 0.1) is 18.3 Å². The van der Waals surface area contributed by atoms with Gasteiger partial charge in [0.25, 0.3) is 11.8 Å². The lowest BCUT2D eigenvalue weighted by Crippen LogP contribution is -2.21. The number of anilines is 2. The Morgan fingerprint density at radius 1 is 1.23 bits per heavy atom. The van der Waals surface area contributed by atoms with Crippen molar-refractivity contribution in [3.63, 3.8) is 0 Å². The lowest BCUT2D eigenvalue weighted by molar-refractivity contribution is -0.112. The molecule has 0 saturated heterocycles. The van der Waals surface area contributed by atoms with Crippen molar-refractivity contribution in [2.45, 2.75) is 6.92 Å². The number of nitrogens with one attached hydrogen (secondary N) is 1. The van der Waals surface area contributed by atoms with Gasteiger partial charge in [-0.2, -0.15) is 5.26 Å². The summed E-state index contributed by atoms with van der Waals surface area (Å²) in [5.41, 5.74) is 0.244. The smallest absolute Gasteiger partial charge is 0.341 e. The van der Waals surface area contributed by atoms with Gasteiger partial charge in [0.05, 0.1) is 17.6 Å². The van der Waals surface area contributed by atoms with Crippen LogP contribution in [0.25, 0.3) is 6.08 Å². The van der Waals surface area contributed by atoms with Crippen LogP contribution < -0.4 is 10.2 Å². The molecule has 158 valence electrons. The quantitative estimate of drug-likeness (QED) is 0.425. The van der Waals surface area contributed by atoms with Crippen LogP contribution in [0.15, 0.2) is 22.1 Å². The van der Waals surface area contributed by atoms with Gasteiger partial charge in [-0.25, -0.2) is 4.79 Å². The van der Waals surface area contributed by atoms with Gasteiger partial charge in [0, 0.05) is 40.3 Å². The number of carbonyl (C=O) groups excluding carboxylic acids is 3. The number of hydrogen-bond donors (Lipinski definition) is 1. The maximum absolute atomic E-state index is 12.7. The third-order valence-electron chi connectivity index (χ3n) is 4.07. The second-order valence-electron chi connectivity index (χ2n) is 6.65. The van der Waals surface area contributed by atoms with E-state index in [0.717, 1.165) is 11.3 Å². The van der Waals surface area contributed by atoms with Crippen molar-refractivity contribution in [2.75, 3.05) is 45.5 Å². The number of ether oxygens (including phenoxy) is 1. The van der Waals surface area contributed by atoms with Crippen LogP contribution in [0.5, 0.6) is 0 Å². The lowest BCUT2D eigenvalue weighted by Gasteiger charge is -2.08. The molecule has 0 aliphatic carbocycles. The van der Waals surface area contributed by atoms with Crippen LogP contribution in [0.4, 0.5) is 10.9 Å². The van der Waals surface area contributed by atoms with E-state index in [9.17, 15) is 19.6 Å². The molecule has 0 radical (unpaired) electrons. The summed E-state index contributed by atoms with van der Waals surface area (Å²) < 4.78 is 10.3. The molecule has 0 atom stereocenters. The minimum absolute atomic E-state index is 0.0752. The van der Waals surface area contributed by atoms with Crippen LogP contribution in [0.1, 0.15) is 31.4 Å². The van der Waals surface area contributed by atoms with Gasteiger partial charge in [0.1, 0.15) is 22.4 Å². The fraction of sp³-hybridized carbons (Fsp3) is 0.300. The molecule has 1 N–H and O–H groups in total. The van der Waals surface area contributed by atoms with Crippen LogP contribution in [0.3, 0.4) is 0 Å². The number of esters is 1. The normalized spacial score (nSPS) is 10.9. The highest BCUT2D eigenvalue weighted by molar-refractivity contribution is 7.18. The Bertz CT molecular complexity index is 1060. The van der Waals surface area contributed by atoms with Crippen molar-refractivity contribution in [1.29, 1.82) is 5.26 Å². The Kier molecular flexibility index (Phi) is 7.02. The monoisotopic (exact) mass is 430 g/mol. The van der Waals surface area contributed by atoms with E-state index in [1.807, 2.05) is 6.07 Å². The van der Waals surface area contributed by atoms with Crippen LogP contribution in [-0.2, 0) is 9.53 Å². The second kappa shape index (κ2) is 9.28. The number of rotatable bonds is 6. The highest BCUT2D eigenvalue weighted by atomic mass is 32.1. The molecular weight excluding hydrogens is 408 g/mol. The summed E-state index contributed by atoms with van der Waals surface area (Å²) >= 11 is 0.946. The van der Waals surface area contributed by atoms with Gasteiger partial charge in [0.15, 0.2) is 5.88 Å². The number of methoxy groups -OCH3 is 1. The molecule has 0 bridgehead atoms. The fourth-order valence-electron chi connectivity index (χ4n) is 2.48. The third-order valence-corrected chi connectivity index (χ3v) is 5.26. The number of hydrogen-bond acceptors (Lipinski definition) is 8. The summed E-state index contributed by atoms with van der Waals surface area (Å²) in [6.45, 7) is 1.60. The van der Waals surface area contributed by atoms with Crippen LogP contribution in [0.2, 0.25) is 0 Å². The van der Waals surface area contributed by atoms with Crippen LogP contribution >= 0.6 is 11.3 Å². The second-order valence-corrected chi connectivity index (χ2v) is 7.67. The predicted molar refractivity (Wildman–Crippen MR) is 114 cm³/mol. The summed E-state index contributed by atoms with van der Waals surface area (Å²) in [6, 6.07) is 5.16. The molecule has 2 rings (SSSR count). The van der Waals surface area contributed by atoms with E-state index in [4.69, 9.17) is 9.15 Å². The molecule has 2 heterocycles. The topological polar surface area (TPSA) is 116 Å². The standard InChI is InChI=1S/C20H22N4O5S/c1-11-15(20(27)28-6)18(30-16(11)19(26)24(4)5)22-17(25)12(10-21)9-13-7-8-14(29-13)23(2)3/h7-9H,1-6H3,(H,22,25)/b12-9+. The maximum atomic E-state index is 12.7. The summed E-state index contributed by atoms with van der Waals surface area (Å²) in [7, 11) is 7.96. The van der Waals surface area contributed by atoms with Gasteiger partial charge in [-0.15, -0.1) is 11.3 Å². The molecule has 10 heteroatoms. The minimum atomic E-state index is -0.740. The molecule has 0 aliphatic heterocycles. The molecule has 0 saturated carbocycles. The summed E-state index contributed by atoms with van der Waals surface area (Å²) in [5.74, 6) is -0.861. The highest BCUT2D eigenvalue weighted by Gasteiger charge is 2.27. The number of nitriles is 1. The van der Waals surface area contributed by atoms with Gasteiger partial charge in [-0.05, 0) is 18.6 Å². The van der Waals surface area contributed by atoms with Crippen molar-refractivity contribution in [1.82, 2.24) is 4.90 Å². The minimum Gasteiger partial charge on any atom is -0.465 e. The Hall–Kier alpha value is -3.58. The predicted octanol–water partition coefficient (Wildman–Crippen LogP) is 2.75. The molecule has 9 nitrogen and oxygen atoms in total. The van der Waals surface area contributed by atoms with E-state index >= 15 is 0 Å². The molecule has 2 amide bonds. The van der Waals surface area contributed by atoms with Crippen molar-refractivity contribution in [2.24, 2.45) is 0 Å². The summed E-state index contributed by atoms with van der Waals surface area (Å²) in [5, 5.41) is 12.1. The Labute approximate surface area is 178 Å². The first-order valence-electron chi connectivity index (χ1n) is 8.74. The average molecular weight is 430 g/mol. The maximum Gasteiger partial charge on any atom is 0.341 e.